The Morgan fingerprint density at radius 3 is 2.38 bits per heavy atom. The molecule has 1 N–H and O–H groups in total. The van der Waals surface area contributed by atoms with E-state index in [0.29, 0.717) is 54.3 Å². The van der Waals surface area contributed by atoms with Crippen LogP contribution in [-0.2, 0) is 10.0 Å². The first kappa shape index (κ1) is 29.2. The van der Waals surface area contributed by atoms with Crippen LogP contribution in [0.5, 0.6) is 5.75 Å². The fraction of sp³-hybridized carbons (Fsp3) is 0.520. The van der Waals surface area contributed by atoms with Crippen molar-refractivity contribution in [1.29, 1.82) is 0 Å². The number of benzene rings is 1. The summed E-state index contributed by atoms with van der Waals surface area (Å²) in [4.78, 5) is 23.7. The van der Waals surface area contributed by atoms with Crippen LogP contribution in [0.3, 0.4) is 0 Å². The van der Waals surface area contributed by atoms with Gasteiger partial charge in [0.1, 0.15) is 11.6 Å². The van der Waals surface area contributed by atoms with Gasteiger partial charge in [-0.15, -0.1) is 13.2 Å². The first-order chi connectivity index (χ1) is 18.3. The van der Waals surface area contributed by atoms with Gasteiger partial charge in [0, 0.05) is 50.4 Å². The van der Waals surface area contributed by atoms with Crippen molar-refractivity contribution in [2.75, 3.05) is 48.6 Å². The Bertz CT molecular complexity index is 1270. The molecule has 1 aromatic heterocycles. The van der Waals surface area contributed by atoms with Gasteiger partial charge in [0.25, 0.3) is 5.91 Å². The Kier molecular flexibility index (Phi) is 8.82. The number of alkyl halides is 3. The lowest BCUT2D eigenvalue weighted by Gasteiger charge is -2.47. The van der Waals surface area contributed by atoms with Crippen molar-refractivity contribution in [2.24, 2.45) is 0 Å². The third-order valence-electron chi connectivity index (χ3n) is 6.98. The fourth-order valence-electron chi connectivity index (χ4n) is 5.22. The molecule has 2 aromatic rings. The zero-order valence-electron chi connectivity index (χ0n) is 21.6. The zero-order valence-corrected chi connectivity index (χ0v) is 23.2. The number of rotatable bonds is 7. The summed E-state index contributed by atoms with van der Waals surface area (Å²) in [7, 11) is -3.43. The molecule has 4 rings (SSSR count). The number of amides is 1. The number of nitrogens with zero attached hydrogens (tertiary/aromatic N) is 4. The second kappa shape index (κ2) is 11.8. The quantitative estimate of drug-likeness (QED) is 0.517. The maximum absolute atomic E-state index is 12.9. The highest BCUT2D eigenvalue weighted by molar-refractivity contribution is 7.92. The number of hydrogen-bond acceptors (Lipinski definition) is 7. The molecular weight excluding hydrogens is 559 g/mol. The molecule has 2 aliphatic rings. The summed E-state index contributed by atoms with van der Waals surface area (Å²) in [6, 6.07) is 7.11. The minimum Gasteiger partial charge on any atom is -0.406 e. The van der Waals surface area contributed by atoms with E-state index < -0.39 is 16.4 Å². The largest absolute Gasteiger partial charge is 0.573 e. The van der Waals surface area contributed by atoms with Crippen LogP contribution in [0.4, 0.5) is 24.7 Å². The van der Waals surface area contributed by atoms with Gasteiger partial charge in [-0.1, -0.05) is 18.5 Å². The number of piperidine rings is 1. The maximum atomic E-state index is 12.9. The van der Waals surface area contributed by atoms with Gasteiger partial charge >= 0.3 is 6.36 Å². The average Bonchev–Trinajstić information content (AvgIpc) is 2.87. The van der Waals surface area contributed by atoms with E-state index in [4.69, 9.17) is 11.6 Å². The molecule has 1 amide bonds. The molecule has 0 radical (unpaired) electrons. The molecule has 0 spiro atoms. The molecule has 0 saturated carbocycles. The maximum Gasteiger partial charge on any atom is 0.573 e. The van der Waals surface area contributed by atoms with Crippen molar-refractivity contribution in [2.45, 2.75) is 44.6 Å². The Balaban J connectivity index is 1.33. The van der Waals surface area contributed by atoms with E-state index in [1.165, 1.54) is 18.3 Å². The summed E-state index contributed by atoms with van der Waals surface area (Å²) in [5, 5.41) is 0.372. The van der Waals surface area contributed by atoms with Crippen LogP contribution in [0.15, 0.2) is 36.5 Å². The van der Waals surface area contributed by atoms with Gasteiger partial charge in [-0.05, 0) is 49.6 Å². The van der Waals surface area contributed by atoms with Crippen LogP contribution in [-0.4, -0.2) is 86.5 Å². The number of carbonyl (C=O) groups is 1. The first-order valence-corrected chi connectivity index (χ1v) is 14.9. The van der Waals surface area contributed by atoms with Crippen molar-refractivity contribution >= 4 is 39.0 Å². The number of anilines is 2. The van der Waals surface area contributed by atoms with Gasteiger partial charge in [-0.2, -0.15) is 0 Å². The monoisotopic (exact) mass is 589 g/mol. The standard InChI is InChI=1S/C25H31ClF3N5O4S/c1-3-19-16-33(23-22(26)14-18(15-30-23)31-39(2,36)37)12-13-34(19)20-8-10-32(11-9-20)24(35)17-4-6-21(7-5-17)38-25(27,28)29/h4-7,14-15,19-20,31H,3,8-13,16H2,1-2H3/t19-/m0/s1. The Morgan fingerprint density at radius 2 is 1.82 bits per heavy atom. The lowest BCUT2D eigenvalue weighted by atomic mass is 9.97. The highest BCUT2D eigenvalue weighted by atomic mass is 35.5. The van der Waals surface area contributed by atoms with Gasteiger partial charge in [0.05, 0.1) is 23.2 Å². The molecule has 214 valence electrons. The van der Waals surface area contributed by atoms with E-state index in [2.05, 4.69) is 31.2 Å². The van der Waals surface area contributed by atoms with Gasteiger partial charge in [-0.25, -0.2) is 13.4 Å². The predicted molar refractivity (Wildman–Crippen MR) is 143 cm³/mol. The number of halogens is 4. The first-order valence-electron chi connectivity index (χ1n) is 12.6. The average molecular weight is 590 g/mol. The summed E-state index contributed by atoms with van der Waals surface area (Å²) in [5.74, 6) is 0.0415. The fourth-order valence-corrected chi connectivity index (χ4v) is 6.05. The molecule has 0 aliphatic carbocycles. The van der Waals surface area contributed by atoms with Crippen molar-refractivity contribution < 1.29 is 31.1 Å². The summed E-state index contributed by atoms with van der Waals surface area (Å²) in [5.41, 5.74) is 0.633. The predicted octanol–water partition coefficient (Wildman–Crippen LogP) is 4.21. The van der Waals surface area contributed by atoms with E-state index in [9.17, 15) is 26.4 Å². The Morgan fingerprint density at radius 1 is 1.15 bits per heavy atom. The molecule has 2 aliphatic heterocycles. The number of pyridine rings is 1. The van der Waals surface area contributed by atoms with E-state index in [1.807, 2.05) is 0 Å². The molecule has 1 atom stereocenters. The van der Waals surface area contributed by atoms with Gasteiger partial charge < -0.3 is 14.5 Å². The lowest BCUT2D eigenvalue weighted by Crippen LogP contribution is -2.58. The number of hydrogen-bond donors (Lipinski definition) is 1. The number of sulfonamides is 1. The number of likely N-dealkylation sites (tertiary alicyclic amines) is 1. The highest BCUT2D eigenvalue weighted by Crippen LogP contribution is 2.31. The molecular formula is C25H31ClF3N5O4S. The SMILES string of the molecule is CC[C@H]1CN(c2ncc(NS(C)(=O)=O)cc2Cl)CCN1C1CCN(C(=O)c2ccc(OC(F)(F)F)cc2)CC1. The third-order valence-corrected chi connectivity index (χ3v) is 7.86. The number of ether oxygens (including phenoxy) is 1. The second-order valence-electron chi connectivity index (χ2n) is 9.75. The molecule has 0 bridgehead atoms. The number of aromatic nitrogens is 1. The zero-order chi connectivity index (χ0) is 28.4. The topological polar surface area (TPSA) is 95.1 Å². The third kappa shape index (κ3) is 7.67. The van der Waals surface area contributed by atoms with Crippen molar-refractivity contribution in [3.63, 3.8) is 0 Å². The van der Waals surface area contributed by atoms with Crippen LogP contribution in [0.2, 0.25) is 5.02 Å². The van der Waals surface area contributed by atoms with Crippen LogP contribution < -0.4 is 14.4 Å². The van der Waals surface area contributed by atoms with E-state index in [0.717, 1.165) is 44.2 Å². The molecule has 3 heterocycles. The minimum atomic E-state index is -4.78. The summed E-state index contributed by atoms with van der Waals surface area (Å²) >= 11 is 6.45. The number of piperazine rings is 1. The molecule has 2 saturated heterocycles. The van der Waals surface area contributed by atoms with Crippen molar-refractivity contribution in [3.8, 4) is 5.75 Å². The second-order valence-corrected chi connectivity index (χ2v) is 11.9. The van der Waals surface area contributed by atoms with E-state index >= 15 is 0 Å². The van der Waals surface area contributed by atoms with Crippen LogP contribution in [0, 0.1) is 0 Å². The van der Waals surface area contributed by atoms with Crippen molar-refractivity contribution in [1.82, 2.24) is 14.8 Å². The Labute approximate surface area is 230 Å². The normalized spacial score (nSPS) is 19.7. The van der Waals surface area contributed by atoms with Gasteiger partial charge in [0.15, 0.2) is 0 Å². The molecule has 2 fully saturated rings. The molecule has 14 heteroatoms. The summed E-state index contributed by atoms with van der Waals surface area (Å²) in [6.07, 6.45) is 0.242. The van der Waals surface area contributed by atoms with Crippen LogP contribution in [0.1, 0.15) is 36.5 Å². The summed E-state index contributed by atoms with van der Waals surface area (Å²) in [6.45, 7) is 5.45. The smallest absolute Gasteiger partial charge is 0.406 e. The summed E-state index contributed by atoms with van der Waals surface area (Å²) < 4.78 is 66.4. The number of carbonyl (C=O) groups excluding carboxylic acids is 1. The molecule has 0 unspecified atom stereocenters. The van der Waals surface area contributed by atoms with E-state index in [-0.39, 0.29) is 17.7 Å². The van der Waals surface area contributed by atoms with Crippen LogP contribution in [0.25, 0.3) is 0 Å². The number of nitrogens with one attached hydrogen (secondary N) is 1. The lowest BCUT2D eigenvalue weighted by molar-refractivity contribution is -0.274. The minimum absolute atomic E-state index is 0.210. The van der Waals surface area contributed by atoms with Gasteiger partial charge in [0.2, 0.25) is 10.0 Å². The molecule has 39 heavy (non-hydrogen) atoms. The molecule has 9 nitrogen and oxygen atoms in total. The molecule has 1 aromatic carbocycles. The van der Waals surface area contributed by atoms with E-state index in [1.54, 1.807) is 11.0 Å². The van der Waals surface area contributed by atoms with Gasteiger partial charge in [-0.3, -0.25) is 14.4 Å². The van der Waals surface area contributed by atoms with Crippen molar-refractivity contribution in [3.05, 3.63) is 47.1 Å². The van der Waals surface area contributed by atoms with Crippen LogP contribution >= 0.6 is 11.6 Å². The Hall–Kier alpha value is -2.77. The highest BCUT2D eigenvalue weighted by Gasteiger charge is 2.35.